The van der Waals surface area contributed by atoms with Gasteiger partial charge in [-0.2, -0.15) is 0 Å². The number of ether oxygens (including phenoxy) is 1. The molecule has 0 spiro atoms. The van der Waals surface area contributed by atoms with Crippen molar-refractivity contribution in [2.75, 3.05) is 19.6 Å². The van der Waals surface area contributed by atoms with Crippen molar-refractivity contribution >= 4 is 6.09 Å². The summed E-state index contributed by atoms with van der Waals surface area (Å²) in [4.78, 5) is 16.6. The van der Waals surface area contributed by atoms with Crippen molar-refractivity contribution < 1.29 is 18.3 Å². The van der Waals surface area contributed by atoms with Crippen LogP contribution in [0.2, 0.25) is 0 Å². The molecule has 2 aromatic carbocycles. The van der Waals surface area contributed by atoms with Crippen LogP contribution in [-0.2, 0) is 4.74 Å². The highest BCUT2D eigenvalue weighted by Crippen LogP contribution is 2.33. The summed E-state index contributed by atoms with van der Waals surface area (Å²) >= 11 is 0. The molecule has 0 saturated carbocycles. The molecule has 162 valence electrons. The fraction of sp³-hybridized carbons (Fsp3) is 0.458. The summed E-state index contributed by atoms with van der Waals surface area (Å²) in [6.45, 7) is 9.38. The van der Waals surface area contributed by atoms with E-state index in [2.05, 4.69) is 11.8 Å². The second-order valence-corrected chi connectivity index (χ2v) is 8.73. The summed E-state index contributed by atoms with van der Waals surface area (Å²) in [5, 5.41) is 0. The monoisotopic (exact) mass is 416 g/mol. The van der Waals surface area contributed by atoms with Gasteiger partial charge in [-0.1, -0.05) is 31.2 Å². The number of hydrogen-bond donors (Lipinski definition) is 0. The Bertz CT molecular complexity index is 802. The summed E-state index contributed by atoms with van der Waals surface area (Å²) in [7, 11) is 0. The highest BCUT2D eigenvalue weighted by atomic mass is 19.1. The third kappa shape index (κ3) is 5.36. The number of rotatable bonds is 4. The van der Waals surface area contributed by atoms with Crippen molar-refractivity contribution in [2.45, 2.75) is 51.8 Å². The van der Waals surface area contributed by atoms with Gasteiger partial charge in [0.1, 0.15) is 17.2 Å². The van der Waals surface area contributed by atoms with E-state index in [9.17, 15) is 13.6 Å². The first-order valence-corrected chi connectivity index (χ1v) is 10.4. The van der Waals surface area contributed by atoms with E-state index in [-0.39, 0.29) is 29.8 Å². The zero-order chi connectivity index (χ0) is 21.9. The highest BCUT2D eigenvalue weighted by Gasteiger charge is 2.35. The first-order chi connectivity index (χ1) is 14.2. The molecular formula is C24H30F2N2O2. The molecule has 1 atom stereocenters. The summed E-state index contributed by atoms with van der Waals surface area (Å²) in [5.74, 6) is -0.586. The molecule has 0 bridgehead atoms. The average molecular weight is 417 g/mol. The summed E-state index contributed by atoms with van der Waals surface area (Å²) in [6.07, 6.45) is 0.527. The molecule has 1 fully saturated rings. The third-order valence-electron chi connectivity index (χ3n) is 5.35. The van der Waals surface area contributed by atoms with Gasteiger partial charge in [-0.3, -0.25) is 4.90 Å². The highest BCUT2D eigenvalue weighted by molar-refractivity contribution is 5.68. The molecule has 2 aromatic rings. The van der Waals surface area contributed by atoms with E-state index in [0.29, 0.717) is 19.6 Å². The van der Waals surface area contributed by atoms with Crippen LogP contribution < -0.4 is 0 Å². The lowest BCUT2D eigenvalue weighted by molar-refractivity contribution is -0.00223. The van der Waals surface area contributed by atoms with Crippen LogP contribution in [0.4, 0.5) is 13.6 Å². The Kier molecular flexibility index (Phi) is 6.76. The zero-order valence-electron chi connectivity index (χ0n) is 18.1. The molecule has 0 radical (unpaired) electrons. The number of piperazine rings is 1. The molecule has 30 heavy (non-hydrogen) atoms. The minimum Gasteiger partial charge on any atom is -0.444 e. The van der Waals surface area contributed by atoms with Gasteiger partial charge in [0.25, 0.3) is 0 Å². The maximum Gasteiger partial charge on any atom is 0.410 e. The standard InChI is InChI=1S/C24H30F2N2O2/c1-5-21-16-27(23(29)30-24(2,3)4)14-15-28(21)22(17-6-10-19(25)11-7-17)18-8-12-20(26)13-9-18/h6-13,21-22H,5,14-16H2,1-4H3. The number of benzene rings is 2. The maximum absolute atomic E-state index is 13.5. The maximum atomic E-state index is 13.5. The molecule has 1 amide bonds. The molecule has 3 rings (SSSR count). The van der Waals surface area contributed by atoms with Crippen LogP contribution in [-0.4, -0.2) is 47.2 Å². The molecule has 0 N–H and O–H groups in total. The van der Waals surface area contributed by atoms with Gasteiger partial charge in [0, 0.05) is 25.7 Å². The first kappa shape index (κ1) is 22.2. The number of amides is 1. The van der Waals surface area contributed by atoms with Gasteiger partial charge in [0.05, 0.1) is 6.04 Å². The number of nitrogens with zero attached hydrogens (tertiary/aromatic N) is 2. The average Bonchev–Trinajstić information content (AvgIpc) is 2.70. The van der Waals surface area contributed by atoms with Crippen LogP contribution in [0.15, 0.2) is 48.5 Å². The van der Waals surface area contributed by atoms with Gasteiger partial charge in [0.2, 0.25) is 0 Å². The molecular weight excluding hydrogens is 386 g/mol. The Morgan fingerprint density at radius 3 is 1.93 bits per heavy atom. The largest absolute Gasteiger partial charge is 0.444 e. The molecule has 1 aliphatic heterocycles. The minimum atomic E-state index is -0.541. The lowest BCUT2D eigenvalue weighted by Gasteiger charge is -2.45. The normalized spacial score (nSPS) is 18.0. The van der Waals surface area contributed by atoms with Crippen molar-refractivity contribution in [3.05, 3.63) is 71.3 Å². The summed E-state index contributed by atoms with van der Waals surface area (Å²) in [5.41, 5.74) is 1.33. The second kappa shape index (κ2) is 9.13. The summed E-state index contributed by atoms with van der Waals surface area (Å²) in [6, 6.07) is 12.8. The molecule has 1 aliphatic rings. The smallest absolute Gasteiger partial charge is 0.410 e. The fourth-order valence-corrected chi connectivity index (χ4v) is 3.93. The van der Waals surface area contributed by atoms with E-state index in [4.69, 9.17) is 4.74 Å². The van der Waals surface area contributed by atoms with Crippen LogP contribution in [0.3, 0.4) is 0 Å². The van der Waals surface area contributed by atoms with E-state index in [1.165, 1.54) is 24.3 Å². The van der Waals surface area contributed by atoms with E-state index < -0.39 is 5.60 Å². The van der Waals surface area contributed by atoms with Gasteiger partial charge < -0.3 is 9.64 Å². The van der Waals surface area contributed by atoms with Gasteiger partial charge >= 0.3 is 6.09 Å². The molecule has 1 heterocycles. The van der Waals surface area contributed by atoms with Crippen LogP contribution in [0.5, 0.6) is 0 Å². The van der Waals surface area contributed by atoms with Crippen molar-refractivity contribution in [2.24, 2.45) is 0 Å². The van der Waals surface area contributed by atoms with Crippen LogP contribution in [0.1, 0.15) is 51.3 Å². The number of halogens is 2. The SMILES string of the molecule is CCC1CN(C(=O)OC(C)(C)C)CCN1C(c1ccc(F)cc1)c1ccc(F)cc1. The molecule has 0 aliphatic carbocycles. The molecule has 4 nitrogen and oxygen atoms in total. The van der Waals surface area contributed by atoms with Gasteiger partial charge in [-0.05, 0) is 62.6 Å². The van der Waals surface area contributed by atoms with Crippen LogP contribution in [0, 0.1) is 11.6 Å². The van der Waals surface area contributed by atoms with Crippen molar-refractivity contribution in [3.8, 4) is 0 Å². The van der Waals surface area contributed by atoms with Gasteiger partial charge in [-0.15, -0.1) is 0 Å². The van der Waals surface area contributed by atoms with E-state index >= 15 is 0 Å². The molecule has 0 aromatic heterocycles. The Hall–Kier alpha value is -2.47. The minimum absolute atomic E-state index is 0.0892. The van der Waals surface area contributed by atoms with E-state index in [0.717, 1.165) is 17.5 Å². The van der Waals surface area contributed by atoms with Crippen molar-refractivity contribution in [3.63, 3.8) is 0 Å². The Morgan fingerprint density at radius 1 is 1.00 bits per heavy atom. The van der Waals surface area contributed by atoms with Crippen LogP contribution >= 0.6 is 0 Å². The first-order valence-electron chi connectivity index (χ1n) is 10.4. The number of hydrogen-bond acceptors (Lipinski definition) is 3. The predicted molar refractivity (Wildman–Crippen MR) is 113 cm³/mol. The Labute approximate surface area is 177 Å². The van der Waals surface area contributed by atoms with Gasteiger partial charge in [0.15, 0.2) is 0 Å². The van der Waals surface area contributed by atoms with Crippen LogP contribution in [0.25, 0.3) is 0 Å². The number of carbonyl (C=O) groups excluding carboxylic acids is 1. The zero-order valence-corrected chi connectivity index (χ0v) is 18.1. The third-order valence-corrected chi connectivity index (χ3v) is 5.35. The lowest BCUT2D eigenvalue weighted by Crippen LogP contribution is -2.56. The Balaban J connectivity index is 1.88. The van der Waals surface area contributed by atoms with Crippen molar-refractivity contribution in [1.29, 1.82) is 0 Å². The van der Waals surface area contributed by atoms with E-state index in [1.807, 2.05) is 20.8 Å². The van der Waals surface area contributed by atoms with Crippen molar-refractivity contribution in [1.82, 2.24) is 9.80 Å². The number of carbonyl (C=O) groups is 1. The van der Waals surface area contributed by atoms with Gasteiger partial charge in [-0.25, -0.2) is 13.6 Å². The quantitative estimate of drug-likeness (QED) is 0.670. The molecule has 6 heteroatoms. The fourth-order valence-electron chi connectivity index (χ4n) is 3.93. The second-order valence-electron chi connectivity index (χ2n) is 8.73. The summed E-state index contributed by atoms with van der Waals surface area (Å²) < 4.78 is 32.6. The Morgan fingerprint density at radius 2 is 1.50 bits per heavy atom. The molecule has 1 saturated heterocycles. The molecule has 1 unspecified atom stereocenters. The lowest BCUT2D eigenvalue weighted by atomic mass is 9.93. The topological polar surface area (TPSA) is 32.8 Å². The predicted octanol–water partition coefficient (Wildman–Crippen LogP) is 5.39. The van der Waals surface area contributed by atoms with E-state index in [1.54, 1.807) is 29.2 Å².